The molecule has 0 fully saturated rings. The summed E-state index contributed by atoms with van der Waals surface area (Å²) >= 11 is 0. The molecule has 1 amide bonds. The molecule has 2 aliphatic heterocycles. The fourth-order valence-corrected chi connectivity index (χ4v) is 4.13. The molecule has 2 aliphatic rings. The molecule has 2 aromatic rings. The van der Waals surface area contributed by atoms with Crippen molar-refractivity contribution in [2.75, 3.05) is 26.0 Å². The summed E-state index contributed by atoms with van der Waals surface area (Å²) in [6.07, 6.45) is 3.75. The number of fused-ring (bicyclic) bond motifs is 2. The minimum Gasteiger partial charge on any atom is -0.462 e. The highest BCUT2D eigenvalue weighted by molar-refractivity contribution is 7.89. The van der Waals surface area contributed by atoms with Gasteiger partial charge in [-0.2, -0.15) is 0 Å². The Labute approximate surface area is 155 Å². The number of carbonyl (C=O) groups is 2. The van der Waals surface area contributed by atoms with Crippen LogP contribution in [-0.4, -0.2) is 50.3 Å². The maximum absolute atomic E-state index is 12.4. The first-order valence-corrected chi connectivity index (χ1v) is 9.70. The molecule has 140 valence electrons. The summed E-state index contributed by atoms with van der Waals surface area (Å²) < 4.78 is 30.9. The number of H-pyrrole nitrogens is 1. The number of aromatic nitrogens is 1. The van der Waals surface area contributed by atoms with Crippen molar-refractivity contribution in [3.05, 3.63) is 46.8 Å². The molecular weight excluding hydrogens is 370 g/mol. The summed E-state index contributed by atoms with van der Waals surface area (Å²) in [6.45, 7) is 0.286. The number of benzene rings is 1. The minimum absolute atomic E-state index is 0.103. The van der Waals surface area contributed by atoms with Gasteiger partial charge >= 0.3 is 5.97 Å². The van der Waals surface area contributed by atoms with Crippen LogP contribution in [0.3, 0.4) is 0 Å². The molecule has 0 aliphatic carbocycles. The van der Waals surface area contributed by atoms with Gasteiger partial charge in [-0.25, -0.2) is 17.5 Å². The van der Waals surface area contributed by atoms with E-state index in [9.17, 15) is 18.0 Å². The minimum atomic E-state index is -3.63. The van der Waals surface area contributed by atoms with E-state index in [-0.39, 0.29) is 17.4 Å². The van der Waals surface area contributed by atoms with Gasteiger partial charge in [0.15, 0.2) is 0 Å². The summed E-state index contributed by atoms with van der Waals surface area (Å²) in [5, 5.41) is 2.74. The van der Waals surface area contributed by atoms with Gasteiger partial charge in [0.05, 0.1) is 22.6 Å². The molecule has 0 radical (unpaired) electrons. The monoisotopic (exact) mass is 387 g/mol. The summed E-state index contributed by atoms with van der Waals surface area (Å²) in [6, 6.07) is 4.52. The lowest BCUT2D eigenvalue weighted by Gasteiger charge is -2.13. The lowest BCUT2D eigenvalue weighted by atomic mass is 10.0. The quantitative estimate of drug-likeness (QED) is 0.612. The van der Waals surface area contributed by atoms with Gasteiger partial charge in [0, 0.05) is 43.7 Å². The standard InChI is InChI=1S/C18H17N3O5S/c1-21(2)27(24,25)10-3-4-15-12(7-10)13(17(22)20-15)8-16-11-5-6-26-18(23)14(11)9-19-16/h3-4,7-9,19H,5-6H2,1-2H3,(H,20,22)/b13-8-. The Balaban J connectivity index is 1.82. The first-order valence-electron chi connectivity index (χ1n) is 8.26. The fourth-order valence-electron chi connectivity index (χ4n) is 3.20. The molecule has 1 aromatic carbocycles. The number of cyclic esters (lactones) is 1. The molecule has 27 heavy (non-hydrogen) atoms. The smallest absolute Gasteiger partial charge is 0.339 e. The van der Waals surface area contributed by atoms with Crippen molar-refractivity contribution in [2.45, 2.75) is 11.3 Å². The number of aromatic amines is 1. The van der Waals surface area contributed by atoms with Crippen molar-refractivity contribution < 1.29 is 22.7 Å². The van der Waals surface area contributed by atoms with Crippen LogP contribution in [0.5, 0.6) is 0 Å². The Bertz CT molecular complexity index is 1110. The SMILES string of the molecule is CN(C)S(=O)(=O)c1ccc2c(c1)/C(=C/c1[nH]cc3c1CCOC3=O)C(=O)N2. The van der Waals surface area contributed by atoms with Crippen LogP contribution in [0.2, 0.25) is 0 Å². The molecule has 3 heterocycles. The van der Waals surface area contributed by atoms with Crippen LogP contribution in [0.4, 0.5) is 5.69 Å². The van der Waals surface area contributed by atoms with Crippen molar-refractivity contribution >= 4 is 39.2 Å². The van der Waals surface area contributed by atoms with E-state index >= 15 is 0 Å². The third-order valence-electron chi connectivity index (χ3n) is 4.67. The second kappa shape index (κ2) is 6.07. The number of amides is 1. The van der Waals surface area contributed by atoms with E-state index in [0.717, 1.165) is 9.87 Å². The van der Waals surface area contributed by atoms with Crippen LogP contribution < -0.4 is 5.32 Å². The molecule has 0 unspecified atom stereocenters. The summed E-state index contributed by atoms with van der Waals surface area (Å²) in [7, 11) is -0.722. The lowest BCUT2D eigenvalue weighted by molar-refractivity contribution is -0.110. The maximum Gasteiger partial charge on any atom is 0.339 e. The number of nitrogens with zero attached hydrogens (tertiary/aromatic N) is 1. The number of anilines is 1. The number of esters is 1. The third-order valence-corrected chi connectivity index (χ3v) is 6.48. The molecular formula is C18H17N3O5S. The molecule has 1 aromatic heterocycles. The Hall–Kier alpha value is -2.91. The molecule has 4 rings (SSSR count). The van der Waals surface area contributed by atoms with Gasteiger partial charge in [0.2, 0.25) is 10.0 Å². The van der Waals surface area contributed by atoms with Crippen LogP contribution in [-0.2, 0) is 26.0 Å². The van der Waals surface area contributed by atoms with Gasteiger partial charge in [0.1, 0.15) is 0 Å². The topological polar surface area (TPSA) is 109 Å². The second-order valence-electron chi connectivity index (χ2n) is 6.49. The van der Waals surface area contributed by atoms with E-state index in [0.29, 0.717) is 34.5 Å². The summed E-state index contributed by atoms with van der Waals surface area (Å²) in [5.41, 5.74) is 3.27. The van der Waals surface area contributed by atoms with Crippen molar-refractivity contribution in [1.29, 1.82) is 0 Å². The lowest BCUT2D eigenvalue weighted by Crippen LogP contribution is -2.22. The van der Waals surface area contributed by atoms with Gasteiger partial charge in [-0.15, -0.1) is 0 Å². The van der Waals surface area contributed by atoms with Crippen LogP contribution in [0.25, 0.3) is 11.6 Å². The molecule has 0 bridgehead atoms. The zero-order chi connectivity index (χ0) is 19.3. The van der Waals surface area contributed by atoms with Gasteiger partial charge in [-0.05, 0) is 29.8 Å². The molecule has 0 atom stereocenters. The van der Waals surface area contributed by atoms with Crippen LogP contribution in [0.1, 0.15) is 27.2 Å². The van der Waals surface area contributed by atoms with Gasteiger partial charge < -0.3 is 15.0 Å². The Morgan fingerprint density at radius 2 is 1.96 bits per heavy atom. The van der Waals surface area contributed by atoms with Crippen molar-refractivity contribution in [1.82, 2.24) is 9.29 Å². The first kappa shape index (κ1) is 17.5. The number of rotatable bonds is 3. The Kier molecular flexibility index (Phi) is 3.93. The maximum atomic E-state index is 12.4. The normalized spacial score (nSPS) is 17.7. The molecule has 9 heteroatoms. The molecule has 0 spiro atoms. The van der Waals surface area contributed by atoms with Crippen LogP contribution >= 0.6 is 0 Å². The van der Waals surface area contributed by atoms with Crippen molar-refractivity contribution in [3.63, 3.8) is 0 Å². The average molecular weight is 387 g/mol. The molecule has 0 saturated heterocycles. The average Bonchev–Trinajstić information content (AvgIpc) is 3.17. The highest BCUT2D eigenvalue weighted by Gasteiger charge is 2.29. The van der Waals surface area contributed by atoms with E-state index in [1.807, 2.05) is 0 Å². The number of hydrogen-bond donors (Lipinski definition) is 2. The van der Waals surface area contributed by atoms with Gasteiger partial charge in [0.25, 0.3) is 5.91 Å². The number of nitrogens with one attached hydrogen (secondary N) is 2. The van der Waals surface area contributed by atoms with Crippen molar-refractivity contribution in [3.8, 4) is 0 Å². The van der Waals surface area contributed by atoms with Crippen LogP contribution in [0.15, 0.2) is 29.3 Å². The molecule has 0 saturated carbocycles. The van der Waals surface area contributed by atoms with E-state index in [4.69, 9.17) is 4.74 Å². The fraction of sp³-hybridized carbons (Fsp3) is 0.222. The number of ether oxygens (including phenoxy) is 1. The number of carbonyl (C=O) groups excluding carboxylic acids is 2. The van der Waals surface area contributed by atoms with Gasteiger partial charge in [-0.3, -0.25) is 4.79 Å². The van der Waals surface area contributed by atoms with Gasteiger partial charge in [-0.1, -0.05) is 0 Å². The third kappa shape index (κ3) is 2.75. The Morgan fingerprint density at radius 3 is 2.70 bits per heavy atom. The zero-order valence-electron chi connectivity index (χ0n) is 14.7. The van der Waals surface area contributed by atoms with E-state index in [2.05, 4.69) is 10.3 Å². The van der Waals surface area contributed by atoms with E-state index in [1.54, 1.807) is 18.3 Å². The highest BCUT2D eigenvalue weighted by atomic mass is 32.2. The van der Waals surface area contributed by atoms with Crippen molar-refractivity contribution in [2.24, 2.45) is 0 Å². The van der Waals surface area contributed by atoms with E-state index in [1.165, 1.54) is 26.2 Å². The Morgan fingerprint density at radius 1 is 1.19 bits per heavy atom. The van der Waals surface area contributed by atoms with E-state index < -0.39 is 16.0 Å². The summed E-state index contributed by atoms with van der Waals surface area (Å²) in [5.74, 6) is -0.723. The zero-order valence-corrected chi connectivity index (χ0v) is 15.5. The predicted octanol–water partition coefficient (Wildman–Crippen LogP) is 1.47. The number of hydrogen-bond acceptors (Lipinski definition) is 5. The summed E-state index contributed by atoms with van der Waals surface area (Å²) in [4.78, 5) is 27.4. The predicted molar refractivity (Wildman–Crippen MR) is 98.6 cm³/mol. The number of sulfonamides is 1. The molecule has 8 nitrogen and oxygen atoms in total. The largest absolute Gasteiger partial charge is 0.462 e. The molecule has 2 N–H and O–H groups in total. The first-order chi connectivity index (χ1) is 12.8. The highest BCUT2D eigenvalue weighted by Crippen LogP contribution is 2.36. The second-order valence-corrected chi connectivity index (χ2v) is 8.64. The van der Waals surface area contributed by atoms with Crippen LogP contribution in [0, 0.1) is 0 Å².